The van der Waals surface area contributed by atoms with E-state index < -0.39 is 10.0 Å². The molecule has 0 aliphatic rings. The summed E-state index contributed by atoms with van der Waals surface area (Å²) in [5.41, 5.74) is 0.626. The van der Waals surface area contributed by atoms with Crippen molar-refractivity contribution in [3.63, 3.8) is 0 Å². The summed E-state index contributed by atoms with van der Waals surface area (Å²) in [4.78, 5) is 13.6. The van der Waals surface area contributed by atoms with Crippen LogP contribution in [-0.4, -0.2) is 34.1 Å². The third-order valence-electron chi connectivity index (χ3n) is 3.25. The summed E-state index contributed by atoms with van der Waals surface area (Å²) in [6, 6.07) is 12.9. The topological polar surface area (TPSA) is 84.9 Å². The molecule has 0 aliphatic heterocycles. The zero-order valence-electron chi connectivity index (χ0n) is 13.3. The van der Waals surface area contributed by atoms with Crippen LogP contribution < -0.4 is 14.3 Å². The fraction of sp³-hybridized carbons (Fsp3) is 0.188. The van der Waals surface area contributed by atoms with E-state index in [1.165, 1.54) is 26.4 Å². The Balaban J connectivity index is 2.20. The van der Waals surface area contributed by atoms with Crippen molar-refractivity contribution in [2.75, 3.05) is 14.2 Å². The Hall–Kier alpha value is -2.58. The molecule has 2 aromatic carbocycles. The first-order valence-corrected chi connectivity index (χ1v) is 8.49. The molecular weight excluding hydrogens is 332 g/mol. The molecule has 0 unspecified atom stereocenters. The van der Waals surface area contributed by atoms with E-state index in [0.717, 1.165) is 5.01 Å². The van der Waals surface area contributed by atoms with Crippen LogP contribution in [0.25, 0.3) is 0 Å². The summed E-state index contributed by atoms with van der Waals surface area (Å²) in [6.45, 7) is 0.00271. The molecule has 8 heteroatoms. The molecule has 0 aromatic heterocycles. The van der Waals surface area contributed by atoms with Gasteiger partial charge in [-0.1, -0.05) is 18.2 Å². The van der Waals surface area contributed by atoms with Gasteiger partial charge in [-0.3, -0.25) is 9.80 Å². The summed E-state index contributed by atoms with van der Waals surface area (Å²) in [7, 11) is -0.833. The maximum absolute atomic E-state index is 12.3. The van der Waals surface area contributed by atoms with Gasteiger partial charge in [0.2, 0.25) is 6.41 Å². The van der Waals surface area contributed by atoms with Gasteiger partial charge in [-0.15, -0.1) is 4.83 Å². The zero-order chi connectivity index (χ0) is 17.6. The van der Waals surface area contributed by atoms with Crippen molar-refractivity contribution in [3.8, 4) is 11.5 Å². The molecule has 2 rings (SSSR count). The molecule has 1 N–H and O–H groups in total. The van der Waals surface area contributed by atoms with Crippen LogP contribution in [-0.2, 0) is 21.4 Å². The molecule has 7 nitrogen and oxygen atoms in total. The number of rotatable bonds is 8. The van der Waals surface area contributed by atoms with E-state index in [2.05, 4.69) is 4.83 Å². The van der Waals surface area contributed by atoms with Gasteiger partial charge in [0.15, 0.2) is 0 Å². The number of nitrogens with one attached hydrogen (secondary N) is 1. The molecule has 128 valence electrons. The molecule has 24 heavy (non-hydrogen) atoms. The first-order valence-electron chi connectivity index (χ1n) is 7.00. The van der Waals surface area contributed by atoms with Crippen molar-refractivity contribution < 1.29 is 22.7 Å². The van der Waals surface area contributed by atoms with E-state index in [9.17, 15) is 13.2 Å². The van der Waals surface area contributed by atoms with Crippen LogP contribution >= 0.6 is 0 Å². The van der Waals surface area contributed by atoms with Crippen LogP contribution in [0.2, 0.25) is 0 Å². The minimum Gasteiger partial charge on any atom is -0.497 e. The number of sulfonamides is 1. The van der Waals surface area contributed by atoms with Crippen molar-refractivity contribution in [1.29, 1.82) is 0 Å². The lowest BCUT2D eigenvalue weighted by Crippen LogP contribution is -2.40. The summed E-state index contributed by atoms with van der Waals surface area (Å²) in [5.74, 6) is 1.08. The summed E-state index contributed by atoms with van der Waals surface area (Å²) < 4.78 is 34.9. The van der Waals surface area contributed by atoms with Crippen molar-refractivity contribution in [2.45, 2.75) is 11.4 Å². The highest BCUT2D eigenvalue weighted by molar-refractivity contribution is 7.89. The highest BCUT2D eigenvalue weighted by Gasteiger charge is 2.18. The first kappa shape index (κ1) is 17.8. The SMILES string of the molecule is COc1ccc(CN(C=O)NS(=O)(=O)c2ccccc2)c(OC)c1. The fourth-order valence-electron chi connectivity index (χ4n) is 2.06. The van der Waals surface area contributed by atoms with E-state index in [-0.39, 0.29) is 11.4 Å². The molecule has 0 fully saturated rings. The molecule has 0 spiro atoms. The Bertz CT molecular complexity index is 793. The first-order chi connectivity index (χ1) is 11.5. The summed E-state index contributed by atoms with van der Waals surface area (Å²) in [5, 5.41) is 0.937. The number of amides is 1. The van der Waals surface area contributed by atoms with Crippen LogP contribution in [0.1, 0.15) is 5.56 Å². The monoisotopic (exact) mass is 350 g/mol. The average Bonchev–Trinajstić information content (AvgIpc) is 2.62. The minimum absolute atomic E-state index is 0.00271. The van der Waals surface area contributed by atoms with E-state index in [0.29, 0.717) is 23.5 Å². The Morgan fingerprint density at radius 2 is 1.79 bits per heavy atom. The Labute approximate surface area is 140 Å². The molecule has 2 aromatic rings. The lowest BCUT2D eigenvalue weighted by atomic mass is 10.2. The van der Waals surface area contributed by atoms with Gasteiger partial charge in [-0.05, 0) is 24.3 Å². The number of nitrogens with zero attached hydrogens (tertiary/aromatic N) is 1. The maximum Gasteiger partial charge on any atom is 0.257 e. The van der Waals surface area contributed by atoms with Crippen LogP contribution in [0.5, 0.6) is 11.5 Å². The summed E-state index contributed by atoms with van der Waals surface area (Å²) in [6.07, 6.45) is 0.407. The lowest BCUT2D eigenvalue weighted by Gasteiger charge is -2.20. The van der Waals surface area contributed by atoms with Gasteiger partial charge < -0.3 is 9.47 Å². The number of benzene rings is 2. The van der Waals surface area contributed by atoms with Crippen LogP contribution in [0, 0.1) is 0 Å². The van der Waals surface area contributed by atoms with Gasteiger partial charge in [-0.2, -0.15) is 0 Å². The lowest BCUT2D eigenvalue weighted by molar-refractivity contribution is -0.120. The second kappa shape index (κ2) is 7.80. The van der Waals surface area contributed by atoms with Crippen LogP contribution in [0.4, 0.5) is 0 Å². The van der Waals surface area contributed by atoms with Gasteiger partial charge in [0, 0.05) is 11.6 Å². The fourth-order valence-corrected chi connectivity index (χ4v) is 3.10. The standard InChI is InChI=1S/C16H18N2O5S/c1-22-14-9-8-13(16(10-14)23-2)11-18(12-19)17-24(20,21)15-6-4-3-5-7-15/h3-10,12,17H,11H2,1-2H3. The second-order valence-corrected chi connectivity index (χ2v) is 6.48. The number of hydrazine groups is 1. The number of carbonyl (C=O) groups excluding carboxylic acids is 1. The predicted molar refractivity (Wildman–Crippen MR) is 87.9 cm³/mol. The molecule has 0 saturated carbocycles. The van der Waals surface area contributed by atoms with Crippen molar-refractivity contribution in [2.24, 2.45) is 0 Å². The molecule has 0 saturated heterocycles. The Kier molecular flexibility index (Phi) is 5.78. The Morgan fingerprint density at radius 1 is 1.08 bits per heavy atom. The quantitative estimate of drug-likeness (QED) is 0.577. The second-order valence-electron chi connectivity index (χ2n) is 4.82. The molecule has 0 atom stereocenters. The molecule has 0 heterocycles. The maximum atomic E-state index is 12.3. The van der Waals surface area contributed by atoms with Gasteiger partial charge >= 0.3 is 0 Å². The van der Waals surface area contributed by atoms with Crippen LogP contribution in [0.15, 0.2) is 53.4 Å². The Morgan fingerprint density at radius 3 is 2.38 bits per heavy atom. The zero-order valence-corrected chi connectivity index (χ0v) is 14.1. The smallest absolute Gasteiger partial charge is 0.257 e. The van der Waals surface area contributed by atoms with E-state index in [4.69, 9.17) is 9.47 Å². The normalized spacial score (nSPS) is 10.9. The largest absolute Gasteiger partial charge is 0.497 e. The highest BCUT2D eigenvalue weighted by Crippen LogP contribution is 2.25. The molecule has 0 aliphatic carbocycles. The highest BCUT2D eigenvalue weighted by atomic mass is 32.2. The molecular formula is C16H18N2O5S. The van der Waals surface area contributed by atoms with Gasteiger partial charge in [0.25, 0.3) is 10.0 Å². The third kappa shape index (κ3) is 4.24. The average molecular weight is 350 g/mol. The third-order valence-corrected chi connectivity index (χ3v) is 4.62. The van der Waals surface area contributed by atoms with E-state index >= 15 is 0 Å². The molecule has 0 radical (unpaired) electrons. The number of carbonyl (C=O) groups is 1. The number of hydrogen-bond donors (Lipinski definition) is 1. The number of ether oxygens (including phenoxy) is 2. The van der Waals surface area contributed by atoms with E-state index in [1.807, 2.05) is 0 Å². The molecule has 0 bridgehead atoms. The van der Waals surface area contributed by atoms with Crippen LogP contribution in [0.3, 0.4) is 0 Å². The predicted octanol–water partition coefficient (Wildman–Crippen LogP) is 1.56. The van der Waals surface area contributed by atoms with E-state index in [1.54, 1.807) is 36.4 Å². The van der Waals surface area contributed by atoms with Gasteiger partial charge in [0.05, 0.1) is 25.7 Å². The van der Waals surface area contributed by atoms with Crippen molar-refractivity contribution in [1.82, 2.24) is 9.84 Å². The number of hydrogen-bond acceptors (Lipinski definition) is 5. The summed E-state index contributed by atoms with van der Waals surface area (Å²) >= 11 is 0. The van der Waals surface area contributed by atoms with Gasteiger partial charge in [-0.25, -0.2) is 8.42 Å². The van der Waals surface area contributed by atoms with Gasteiger partial charge in [0.1, 0.15) is 11.5 Å². The molecule has 1 amide bonds. The van der Waals surface area contributed by atoms with Crippen molar-refractivity contribution >= 4 is 16.4 Å². The van der Waals surface area contributed by atoms with Crippen molar-refractivity contribution in [3.05, 3.63) is 54.1 Å². The number of methoxy groups -OCH3 is 2. The minimum atomic E-state index is -3.84.